The Balaban J connectivity index is 1.67. The van der Waals surface area contributed by atoms with Gasteiger partial charge in [-0.05, 0) is 41.3 Å². The van der Waals surface area contributed by atoms with Gasteiger partial charge in [0, 0.05) is 47.1 Å². The first-order valence-corrected chi connectivity index (χ1v) is 12.3. The van der Waals surface area contributed by atoms with Gasteiger partial charge in [0.25, 0.3) is 0 Å². The maximum Gasteiger partial charge on any atom is 0.244 e. The molecule has 0 saturated carbocycles. The molecular formula is C23H23N3O4S2. The predicted molar refractivity (Wildman–Crippen MR) is 127 cm³/mol. The Morgan fingerprint density at radius 1 is 1.16 bits per heavy atom. The van der Waals surface area contributed by atoms with Crippen molar-refractivity contribution < 1.29 is 17.9 Å². The molecule has 0 unspecified atom stereocenters. The molecule has 0 radical (unpaired) electrons. The van der Waals surface area contributed by atoms with Crippen LogP contribution < -0.4 is 14.8 Å². The molecule has 2 aromatic carbocycles. The molecule has 3 N–H and O–H groups in total. The largest absolute Gasteiger partial charge is 0.495 e. The van der Waals surface area contributed by atoms with Crippen LogP contribution >= 0.6 is 11.3 Å². The van der Waals surface area contributed by atoms with Crippen molar-refractivity contribution in [1.82, 2.24) is 9.71 Å². The number of ether oxygens (including phenoxy) is 1. The molecule has 4 rings (SSSR count). The molecule has 4 aromatic rings. The maximum atomic E-state index is 13.2. The van der Waals surface area contributed by atoms with Crippen LogP contribution in [0.3, 0.4) is 0 Å². The van der Waals surface area contributed by atoms with Gasteiger partial charge < -0.3 is 15.0 Å². The number of carbonyl (C=O) groups is 1. The fourth-order valence-corrected chi connectivity index (χ4v) is 5.76. The van der Waals surface area contributed by atoms with Crippen LogP contribution in [-0.2, 0) is 14.8 Å². The number of para-hydroxylation sites is 1. The number of sulfonamides is 1. The number of H-pyrrole nitrogens is 1. The summed E-state index contributed by atoms with van der Waals surface area (Å²) in [6, 6.07) is 16.4. The minimum Gasteiger partial charge on any atom is -0.495 e. The first-order chi connectivity index (χ1) is 15.4. The minimum atomic E-state index is -3.92. The van der Waals surface area contributed by atoms with E-state index in [2.05, 4.69) is 15.0 Å². The van der Waals surface area contributed by atoms with Crippen LogP contribution in [0.15, 0.2) is 71.1 Å². The summed E-state index contributed by atoms with van der Waals surface area (Å²) in [6.07, 6.45) is 1.93. The number of anilines is 1. The lowest BCUT2D eigenvalue weighted by Gasteiger charge is -2.18. The Bertz CT molecular complexity index is 1340. The molecule has 0 bridgehead atoms. The van der Waals surface area contributed by atoms with E-state index < -0.39 is 10.0 Å². The zero-order chi connectivity index (χ0) is 22.7. The molecule has 1 atom stereocenters. The number of rotatable bonds is 8. The standard InChI is InChI=1S/C23H23N3O4S2/c1-15(27)26-16-9-10-21(30-2)23(12-16)32(28,29)25-14-19(22-8-5-11-31-22)18-13-24-20-7-4-3-6-17(18)20/h3-13,19,24-25H,14H2,1-2H3,(H,26,27)/t19-/m0/s1. The van der Waals surface area contributed by atoms with Gasteiger partial charge in [-0.1, -0.05) is 24.3 Å². The molecule has 0 fully saturated rings. The number of hydrogen-bond donors (Lipinski definition) is 3. The Labute approximate surface area is 190 Å². The van der Waals surface area contributed by atoms with Crippen molar-refractivity contribution in [2.24, 2.45) is 0 Å². The third-order valence-corrected chi connectivity index (χ3v) is 7.57. The van der Waals surface area contributed by atoms with Crippen LogP contribution in [-0.4, -0.2) is 33.0 Å². The summed E-state index contributed by atoms with van der Waals surface area (Å²) >= 11 is 1.58. The number of nitrogens with one attached hydrogen (secondary N) is 3. The number of fused-ring (bicyclic) bond motifs is 1. The average Bonchev–Trinajstić information content (AvgIpc) is 3.44. The zero-order valence-corrected chi connectivity index (χ0v) is 19.2. The maximum absolute atomic E-state index is 13.2. The van der Waals surface area contributed by atoms with Crippen molar-refractivity contribution in [3.63, 3.8) is 0 Å². The van der Waals surface area contributed by atoms with Crippen LogP contribution in [0, 0.1) is 0 Å². The second-order valence-electron chi connectivity index (χ2n) is 7.26. The summed E-state index contributed by atoms with van der Waals surface area (Å²) in [5.41, 5.74) is 2.39. The summed E-state index contributed by atoms with van der Waals surface area (Å²) in [5, 5.41) is 5.64. The topological polar surface area (TPSA) is 100 Å². The van der Waals surface area contributed by atoms with E-state index in [9.17, 15) is 13.2 Å². The van der Waals surface area contributed by atoms with Crippen molar-refractivity contribution in [3.8, 4) is 5.75 Å². The Morgan fingerprint density at radius 2 is 1.97 bits per heavy atom. The van der Waals surface area contributed by atoms with Gasteiger partial charge >= 0.3 is 0 Å². The van der Waals surface area contributed by atoms with Gasteiger partial charge in [0.2, 0.25) is 15.9 Å². The number of amides is 1. The van der Waals surface area contributed by atoms with Crippen molar-refractivity contribution in [2.45, 2.75) is 17.7 Å². The predicted octanol–water partition coefficient (Wildman–Crippen LogP) is 4.31. The number of thiophene rings is 1. The molecule has 1 amide bonds. The second kappa shape index (κ2) is 9.15. The lowest BCUT2D eigenvalue weighted by Crippen LogP contribution is -2.29. The van der Waals surface area contributed by atoms with Crippen LogP contribution in [0.2, 0.25) is 0 Å². The highest BCUT2D eigenvalue weighted by atomic mass is 32.2. The summed E-state index contributed by atoms with van der Waals surface area (Å²) in [6.45, 7) is 1.53. The van der Waals surface area contributed by atoms with Gasteiger partial charge in [-0.15, -0.1) is 11.3 Å². The number of benzene rings is 2. The van der Waals surface area contributed by atoms with Crippen molar-refractivity contribution in [3.05, 3.63) is 76.6 Å². The van der Waals surface area contributed by atoms with Gasteiger partial charge in [0.05, 0.1) is 7.11 Å². The Kier molecular flexibility index (Phi) is 6.31. The van der Waals surface area contributed by atoms with Crippen molar-refractivity contribution in [1.29, 1.82) is 0 Å². The highest BCUT2D eigenvalue weighted by Crippen LogP contribution is 2.34. The van der Waals surface area contributed by atoms with Crippen LogP contribution in [0.25, 0.3) is 10.9 Å². The number of carbonyl (C=O) groups excluding carboxylic acids is 1. The van der Waals surface area contributed by atoms with Crippen molar-refractivity contribution in [2.75, 3.05) is 19.0 Å². The zero-order valence-electron chi connectivity index (χ0n) is 17.6. The summed E-state index contributed by atoms with van der Waals surface area (Å²) < 4.78 is 34.5. The molecule has 0 saturated heterocycles. The molecule has 32 heavy (non-hydrogen) atoms. The smallest absolute Gasteiger partial charge is 0.244 e. The number of aromatic nitrogens is 1. The fraction of sp³-hybridized carbons (Fsp3) is 0.174. The SMILES string of the molecule is COc1ccc(NC(C)=O)cc1S(=O)(=O)NC[C@H](c1cccs1)c1c[nH]c2ccccc12. The first-order valence-electron chi connectivity index (χ1n) is 9.94. The second-order valence-corrected chi connectivity index (χ2v) is 9.97. The van der Waals surface area contributed by atoms with Gasteiger partial charge in [0.15, 0.2) is 0 Å². The van der Waals surface area contributed by atoms with E-state index >= 15 is 0 Å². The summed E-state index contributed by atoms with van der Waals surface area (Å²) in [4.78, 5) is 15.7. The van der Waals surface area contributed by atoms with Crippen LogP contribution in [0.1, 0.15) is 23.3 Å². The minimum absolute atomic E-state index is 0.0323. The van der Waals surface area contributed by atoms with Crippen LogP contribution in [0.4, 0.5) is 5.69 Å². The Hall–Kier alpha value is -3.14. The van der Waals surface area contributed by atoms with E-state index in [0.29, 0.717) is 5.69 Å². The monoisotopic (exact) mass is 469 g/mol. The van der Waals surface area contributed by atoms with E-state index in [1.54, 1.807) is 17.4 Å². The van der Waals surface area contributed by atoms with Crippen LogP contribution in [0.5, 0.6) is 5.75 Å². The lowest BCUT2D eigenvalue weighted by molar-refractivity contribution is -0.114. The fourth-order valence-electron chi connectivity index (χ4n) is 3.67. The third kappa shape index (κ3) is 4.55. The molecule has 7 nitrogen and oxygen atoms in total. The molecule has 9 heteroatoms. The molecule has 0 spiro atoms. The van der Waals surface area contributed by atoms with E-state index in [4.69, 9.17) is 4.74 Å². The van der Waals surface area contributed by atoms with Gasteiger partial charge in [-0.3, -0.25) is 4.79 Å². The number of aromatic amines is 1. The van der Waals surface area contributed by atoms with Gasteiger partial charge in [-0.25, -0.2) is 13.1 Å². The first kappa shape index (κ1) is 22.1. The third-order valence-electron chi connectivity index (χ3n) is 5.13. The molecule has 0 aliphatic carbocycles. The number of hydrogen-bond acceptors (Lipinski definition) is 5. The quantitative estimate of drug-likeness (QED) is 0.358. The van der Waals surface area contributed by atoms with E-state index in [-0.39, 0.29) is 29.0 Å². The van der Waals surface area contributed by atoms with E-state index in [0.717, 1.165) is 21.3 Å². The lowest BCUT2D eigenvalue weighted by atomic mass is 9.97. The average molecular weight is 470 g/mol. The Morgan fingerprint density at radius 3 is 2.69 bits per heavy atom. The molecule has 2 heterocycles. The normalized spacial score (nSPS) is 12.6. The van der Waals surface area contributed by atoms with Crippen molar-refractivity contribution >= 4 is 43.9 Å². The summed E-state index contributed by atoms with van der Waals surface area (Å²) in [7, 11) is -2.51. The highest BCUT2D eigenvalue weighted by Gasteiger charge is 2.25. The molecule has 0 aliphatic heterocycles. The van der Waals surface area contributed by atoms with E-state index in [1.807, 2.05) is 48.0 Å². The molecular weight excluding hydrogens is 446 g/mol. The van der Waals surface area contributed by atoms with Gasteiger partial charge in [-0.2, -0.15) is 0 Å². The molecule has 0 aliphatic rings. The molecule has 2 aromatic heterocycles. The highest BCUT2D eigenvalue weighted by molar-refractivity contribution is 7.89. The summed E-state index contributed by atoms with van der Waals surface area (Å²) in [5.74, 6) is -0.264. The number of methoxy groups -OCH3 is 1. The molecule has 166 valence electrons. The van der Waals surface area contributed by atoms with Gasteiger partial charge in [0.1, 0.15) is 10.6 Å². The van der Waals surface area contributed by atoms with E-state index in [1.165, 1.54) is 26.2 Å².